The minimum Gasteiger partial charge on any atom is -0.397 e. The van der Waals surface area contributed by atoms with Crippen LogP contribution in [0.2, 0.25) is 0 Å². The van der Waals surface area contributed by atoms with Crippen molar-refractivity contribution in [1.82, 2.24) is 0 Å². The quantitative estimate of drug-likeness (QED) is 0.763. The van der Waals surface area contributed by atoms with Gasteiger partial charge in [-0.3, -0.25) is 4.79 Å². The number of hydrogen-bond donors (Lipinski definition) is 1. The molecule has 1 aliphatic carbocycles. The van der Waals surface area contributed by atoms with Gasteiger partial charge in [0.05, 0.1) is 15.6 Å². The molecule has 1 fully saturated rings. The Balaban J connectivity index is 2.44. The summed E-state index contributed by atoms with van der Waals surface area (Å²) >= 11 is 1.61. The standard InChI is InChI=1S/C16H26N2OS/c1-5-9-18(6-2)16-12(11-7-8-11)13(17)15(20-16)14(19)10(3)4/h10-11H,5-9,17H2,1-4H3. The predicted molar refractivity (Wildman–Crippen MR) is 88.1 cm³/mol. The Morgan fingerprint density at radius 1 is 1.40 bits per heavy atom. The van der Waals surface area contributed by atoms with Gasteiger partial charge in [0, 0.05) is 24.6 Å². The fourth-order valence-corrected chi connectivity index (χ4v) is 4.05. The number of nitrogens with zero attached hydrogens (tertiary/aromatic N) is 1. The summed E-state index contributed by atoms with van der Waals surface area (Å²) in [7, 11) is 0. The smallest absolute Gasteiger partial charge is 0.177 e. The second-order valence-corrected chi connectivity index (χ2v) is 6.94. The number of nitrogen functional groups attached to an aromatic ring is 1. The third-order valence-corrected chi connectivity index (χ3v) is 5.16. The number of ketones is 1. The minimum absolute atomic E-state index is 0.0112. The fraction of sp³-hybridized carbons (Fsp3) is 0.688. The first kappa shape index (κ1) is 15.4. The van der Waals surface area contributed by atoms with Gasteiger partial charge in [0.1, 0.15) is 0 Å². The van der Waals surface area contributed by atoms with E-state index in [4.69, 9.17) is 5.73 Å². The lowest BCUT2D eigenvalue weighted by Gasteiger charge is -2.22. The Bertz CT molecular complexity index is 489. The van der Waals surface area contributed by atoms with Crippen LogP contribution in [0.5, 0.6) is 0 Å². The van der Waals surface area contributed by atoms with E-state index in [-0.39, 0.29) is 11.7 Å². The largest absolute Gasteiger partial charge is 0.397 e. The summed E-state index contributed by atoms with van der Waals surface area (Å²) in [6.45, 7) is 10.3. The van der Waals surface area contributed by atoms with Crippen molar-refractivity contribution in [3.8, 4) is 0 Å². The Morgan fingerprint density at radius 2 is 2.05 bits per heavy atom. The fourth-order valence-electron chi connectivity index (χ4n) is 2.56. The van der Waals surface area contributed by atoms with Crippen LogP contribution in [0.4, 0.5) is 10.7 Å². The van der Waals surface area contributed by atoms with Crippen LogP contribution in [0.15, 0.2) is 0 Å². The molecule has 20 heavy (non-hydrogen) atoms. The lowest BCUT2D eigenvalue weighted by molar-refractivity contribution is 0.0944. The number of carbonyl (C=O) groups is 1. The zero-order valence-corrected chi connectivity index (χ0v) is 13.8. The second kappa shape index (κ2) is 6.17. The summed E-state index contributed by atoms with van der Waals surface area (Å²) in [6, 6.07) is 0. The molecule has 0 aromatic carbocycles. The van der Waals surface area contributed by atoms with Crippen LogP contribution in [-0.2, 0) is 0 Å². The Morgan fingerprint density at radius 3 is 2.50 bits per heavy atom. The highest BCUT2D eigenvalue weighted by atomic mass is 32.1. The molecule has 0 spiro atoms. The van der Waals surface area contributed by atoms with Gasteiger partial charge >= 0.3 is 0 Å². The molecule has 0 atom stereocenters. The number of hydrogen-bond acceptors (Lipinski definition) is 4. The first-order chi connectivity index (χ1) is 9.51. The van der Waals surface area contributed by atoms with Crippen molar-refractivity contribution in [3.05, 3.63) is 10.4 Å². The van der Waals surface area contributed by atoms with Gasteiger partial charge in [-0.2, -0.15) is 0 Å². The average Bonchev–Trinajstić information content (AvgIpc) is 3.19. The molecular formula is C16H26N2OS. The van der Waals surface area contributed by atoms with Crippen molar-refractivity contribution in [3.63, 3.8) is 0 Å². The number of thiophene rings is 1. The number of anilines is 2. The molecule has 1 aromatic rings. The highest BCUT2D eigenvalue weighted by Gasteiger charge is 2.34. The van der Waals surface area contributed by atoms with Gasteiger partial charge in [0.25, 0.3) is 0 Å². The maximum atomic E-state index is 12.4. The van der Waals surface area contributed by atoms with Crippen LogP contribution >= 0.6 is 11.3 Å². The molecule has 1 heterocycles. The number of rotatable bonds is 7. The number of carbonyl (C=O) groups excluding carboxylic acids is 1. The van der Waals surface area contributed by atoms with Crippen LogP contribution in [0.1, 0.15) is 68.1 Å². The summed E-state index contributed by atoms with van der Waals surface area (Å²) in [5.41, 5.74) is 8.36. The van der Waals surface area contributed by atoms with Crippen molar-refractivity contribution in [2.45, 2.75) is 52.9 Å². The zero-order valence-electron chi connectivity index (χ0n) is 13.0. The summed E-state index contributed by atoms with van der Waals surface area (Å²) < 4.78 is 0. The summed E-state index contributed by atoms with van der Waals surface area (Å²) in [5, 5.41) is 1.25. The van der Waals surface area contributed by atoms with E-state index in [1.165, 1.54) is 23.4 Å². The van der Waals surface area contributed by atoms with E-state index in [9.17, 15) is 4.79 Å². The molecule has 0 aliphatic heterocycles. The zero-order chi connectivity index (χ0) is 14.9. The molecule has 3 nitrogen and oxygen atoms in total. The van der Waals surface area contributed by atoms with E-state index in [2.05, 4.69) is 18.7 Å². The number of nitrogens with two attached hydrogens (primary N) is 1. The molecule has 1 saturated carbocycles. The van der Waals surface area contributed by atoms with Crippen molar-refractivity contribution in [2.24, 2.45) is 5.92 Å². The normalized spacial score (nSPS) is 14.8. The molecule has 1 aliphatic rings. The van der Waals surface area contributed by atoms with Gasteiger partial charge in [-0.05, 0) is 32.1 Å². The van der Waals surface area contributed by atoms with E-state index < -0.39 is 0 Å². The molecule has 2 rings (SSSR count). The van der Waals surface area contributed by atoms with E-state index in [0.29, 0.717) is 5.92 Å². The Labute approximate surface area is 126 Å². The van der Waals surface area contributed by atoms with Crippen LogP contribution in [0.25, 0.3) is 0 Å². The maximum Gasteiger partial charge on any atom is 0.177 e. The third kappa shape index (κ3) is 2.85. The lowest BCUT2D eigenvalue weighted by atomic mass is 10.0. The van der Waals surface area contributed by atoms with Crippen LogP contribution < -0.4 is 10.6 Å². The van der Waals surface area contributed by atoms with Gasteiger partial charge in [0.15, 0.2) is 5.78 Å². The molecule has 1 aromatic heterocycles. The van der Waals surface area contributed by atoms with Gasteiger partial charge in [0.2, 0.25) is 0 Å². The van der Waals surface area contributed by atoms with E-state index in [1.807, 2.05) is 13.8 Å². The molecule has 0 unspecified atom stereocenters. The predicted octanol–water partition coefficient (Wildman–Crippen LogP) is 4.28. The van der Waals surface area contributed by atoms with Gasteiger partial charge < -0.3 is 10.6 Å². The van der Waals surface area contributed by atoms with Crippen molar-refractivity contribution >= 4 is 27.8 Å². The summed E-state index contributed by atoms with van der Waals surface area (Å²) in [4.78, 5) is 15.5. The topological polar surface area (TPSA) is 46.3 Å². The lowest BCUT2D eigenvalue weighted by Crippen LogP contribution is -2.23. The highest BCUT2D eigenvalue weighted by molar-refractivity contribution is 7.19. The van der Waals surface area contributed by atoms with Crippen LogP contribution in [0, 0.1) is 5.92 Å². The molecule has 0 bridgehead atoms. The van der Waals surface area contributed by atoms with Crippen molar-refractivity contribution < 1.29 is 4.79 Å². The Kier molecular flexibility index (Phi) is 4.74. The van der Waals surface area contributed by atoms with E-state index in [0.717, 1.165) is 30.1 Å². The summed E-state index contributed by atoms with van der Waals surface area (Å²) in [5.74, 6) is 0.783. The maximum absolute atomic E-state index is 12.4. The molecule has 4 heteroatoms. The van der Waals surface area contributed by atoms with Crippen LogP contribution in [-0.4, -0.2) is 18.9 Å². The number of Topliss-reactive ketones (excluding diaryl/α,β-unsaturated/α-hetero) is 1. The minimum atomic E-state index is 0.0112. The highest BCUT2D eigenvalue weighted by Crippen LogP contribution is 2.52. The molecule has 112 valence electrons. The average molecular weight is 294 g/mol. The Hall–Kier alpha value is -1.03. The molecule has 2 N–H and O–H groups in total. The summed E-state index contributed by atoms with van der Waals surface area (Å²) in [6.07, 6.45) is 3.54. The van der Waals surface area contributed by atoms with Gasteiger partial charge in [-0.1, -0.05) is 20.8 Å². The van der Waals surface area contributed by atoms with Gasteiger partial charge in [-0.15, -0.1) is 11.3 Å². The van der Waals surface area contributed by atoms with E-state index in [1.54, 1.807) is 11.3 Å². The second-order valence-electron chi connectivity index (χ2n) is 5.94. The first-order valence-electron chi connectivity index (χ1n) is 7.72. The van der Waals surface area contributed by atoms with Crippen LogP contribution in [0.3, 0.4) is 0 Å². The molecule has 0 saturated heterocycles. The molecular weight excluding hydrogens is 268 g/mol. The SMILES string of the molecule is CCCN(CC)c1sc(C(=O)C(C)C)c(N)c1C1CC1. The molecule has 0 radical (unpaired) electrons. The van der Waals surface area contributed by atoms with E-state index >= 15 is 0 Å². The van der Waals surface area contributed by atoms with Gasteiger partial charge in [-0.25, -0.2) is 0 Å². The van der Waals surface area contributed by atoms with Crippen molar-refractivity contribution in [2.75, 3.05) is 23.7 Å². The monoisotopic (exact) mass is 294 g/mol. The molecule has 0 amide bonds. The first-order valence-corrected chi connectivity index (χ1v) is 8.54. The third-order valence-electron chi connectivity index (χ3n) is 3.86. The van der Waals surface area contributed by atoms with Crippen molar-refractivity contribution in [1.29, 1.82) is 0 Å².